The van der Waals surface area contributed by atoms with Crippen molar-refractivity contribution in [2.75, 3.05) is 0 Å². The zero-order valence-electron chi connectivity index (χ0n) is 4.07. The van der Waals surface area contributed by atoms with Crippen LogP contribution in [0, 0.1) is 6.20 Å². The number of alkyl halides is 3. The van der Waals surface area contributed by atoms with Crippen LogP contribution in [-0.4, -0.2) is 5.16 Å². The Balaban J connectivity index is 2.90. The van der Waals surface area contributed by atoms with Gasteiger partial charge >= 0.3 is 6.18 Å². The van der Waals surface area contributed by atoms with Crippen molar-refractivity contribution in [2.24, 2.45) is 0 Å². The molecule has 1 aromatic heterocycles. The van der Waals surface area contributed by atoms with Gasteiger partial charge in [-0.15, -0.1) is 0 Å². The maximum atomic E-state index is 11.5. The highest BCUT2D eigenvalue weighted by Gasteiger charge is 2.34. The van der Waals surface area contributed by atoms with E-state index >= 15 is 0 Å². The quantitative estimate of drug-likeness (QED) is 0.540. The summed E-state index contributed by atoms with van der Waals surface area (Å²) in [5.74, 6) is -1.12. The molecule has 0 atom stereocenters. The predicted octanol–water partition coefficient (Wildman–Crippen LogP) is 1.49. The smallest absolute Gasteiger partial charge is 0.351 e. The molecule has 5 heteroatoms. The maximum Gasteiger partial charge on any atom is 0.452 e. The van der Waals surface area contributed by atoms with E-state index in [2.05, 4.69) is 9.68 Å². The van der Waals surface area contributed by atoms with E-state index in [9.17, 15) is 13.2 Å². The monoisotopic (exact) mass is 136 g/mol. The zero-order chi connectivity index (χ0) is 6.91. The number of aromatic nitrogens is 1. The summed E-state index contributed by atoms with van der Waals surface area (Å²) in [5, 5.41) is 2.77. The second kappa shape index (κ2) is 1.75. The average Bonchev–Trinajstić information content (AvgIpc) is 2.08. The number of rotatable bonds is 0. The fraction of sp³-hybridized carbons (Fsp3) is 0.250. The predicted molar refractivity (Wildman–Crippen MR) is 20.3 cm³/mol. The summed E-state index contributed by atoms with van der Waals surface area (Å²) in [4.78, 5) is 0. The van der Waals surface area contributed by atoms with Gasteiger partial charge in [-0.05, 0) is 0 Å². The van der Waals surface area contributed by atoms with Gasteiger partial charge < -0.3 is 4.52 Å². The summed E-state index contributed by atoms with van der Waals surface area (Å²) in [5.41, 5.74) is 0. The van der Waals surface area contributed by atoms with Crippen LogP contribution in [-0.2, 0) is 6.18 Å². The number of halogens is 3. The first kappa shape index (κ1) is 6.12. The molecule has 0 saturated carbocycles. The topological polar surface area (TPSA) is 26.0 Å². The van der Waals surface area contributed by atoms with Gasteiger partial charge in [0, 0.05) is 6.07 Å². The number of hydrogen-bond donors (Lipinski definition) is 0. The molecule has 1 radical (unpaired) electrons. The highest BCUT2D eigenvalue weighted by atomic mass is 19.4. The fourth-order valence-electron chi connectivity index (χ4n) is 0.320. The lowest BCUT2D eigenvalue weighted by atomic mass is 10.5. The van der Waals surface area contributed by atoms with Crippen molar-refractivity contribution >= 4 is 0 Å². The molecule has 49 valence electrons. The summed E-state index contributed by atoms with van der Waals surface area (Å²) in [6.07, 6.45) is -2.54. The van der Waals surface area contributed by atoms with Gasteiger partial charge in [0.15, 0.2) is 0 Å². The van der Waals surface area contributed by atoms with Crippen LogP contribution in [0.1, 0.15) is 5.76 Å². The Labute approximate surface area is 48.3 Å². The largest absolute Gasteiger partial charge is 0.452 e. The molecule has 0 aliphatic rings. The summed E-state index contributed by atoms with van der Waals surface area (Å²) in [6.45, 7) is 0. The lowest BCUT2D eigenvalue weighted by molar-refractivity contribution is -0.155. The minimum Gasteiger partial charge on any atom is -0.351 e. The molecule has 2 nitrogen and oxygen atoms in total. The van der Waals surface area contributed by atoms with Crippen molar-refractivity contribution in [1.82, 2.24) is 5.16 Å². The van der Waals surface area contributed by atoms with Crippen molar-refractivity contribution in [1.29, 1.82) is 0 Å². The lowest BCUT2D eigenvalue weighted by Crippen LogP contribution is -2.01. The van der Waals surface area contributed by atoms with Crippen molar-refractivity contribution in [3.8, 4) is 0 Å². The Morgan fingerprint density at radius 1 is 1.56 bits per heavy atom. The molecule has 0 aliphatic carbocycles. The van der Waals surface area contributed by atoms with Crippen LogP contribution < -0.4 is 0 Å². The summed E-state index contributed by atoms with van der Waals surface area (Å²) in [6, 6.07) is 0.639. The molecule has 0 aromatic carbocycles. The number of hydrogen-bond acceptors (Lipinski definition) is 2. The molecule has 0 saturated heterocycles. The van der Waals surface area contributed by atoms with Crippen LogP contribution >= 0.6 is 0 Å². The SMILES string of the molecule is FC(F)(F)c1c[c]no1. The molecule has 0 aliphatic heterocycles. The normalized spacial score (nSPS) is 11.9. The van der Waals surface area contributed by atoms with E-state index < -0.39 is 11.9 Å². The average molecular weight is 136 g/mol. The molecule has 0 spiro atoms. The van der Waals surface area contributed by atoms with Crippen LogP contribution in [0.25, 0.3) is 0 Å². The third kappa shape index (κ3) is 1.22. The first-order chi connectivity index (χ1) is 4.11. The second-order valence-corrected chi connectivity index (χ2v) is 1.32. The third-order valence-corrected chi connectivity index (χ3v) is 0.672. The minimum atomic E-state index is -4.44. The van der Waals surface area contributed by atoms with E-state index in [0.717, 1.165) is 0 Å². The Morgan fingerprint density at radius 3 is 2.44 bits per heavy atom. The van der Waals surface area contributed by atoms with E-state index in [1.807, 2.05) is 6.20 Å². The molecular formula is C4HF3NO. The first-order valence-electron chi connectivity index (χ1n) is 2.00. The van der Waals surface area contributed by atoms with E-state index in [0.29, 0.717) is 6.07 Å². The fourth-order valence-corrected chi connectivity index (χ4v) is 0.320. The van der Waals surface area contributed by atoms with E-state index in [1.165, 1.54) is 0 Å². The highest BCUT2D eigenvalue weighted by molar-refractivity contribution is 4.95. The molecule has 0 N–H and O–H groups in total. The van der Waals surface area contributed by atoms with Crippen molar-refractivity contribution in [2.45, 2.75) is 6.18 Å². The van der Waals surface area contributed by atoms with Crippen LogP contribution in [0.5, 0.6) is 0 Å². The molecular weight excluding hydrogens is 135 g/mol. The van der Waals surface area contributed by atoms with Gasteiger partial charge in [0.2, 0.25) is 5.76 Å². The molecule has 1 heterocycles. The third-order valence-electron chi connectivity index (χ3n) is 0.672. The standard InChI is InChI=1S/C4HF3NO/c5-4(6,7)3-1-2-8-9-3/h1H. The van der Waals surface area contributed by atoms with E-state index in [1.54, 1.807) is 0 Å². The molecule has 0 unspecified atom stereocenters. The molecule has 1 aromatic rings. The van der Waals surface area contributed by atoms with Gasteiger partial charge in [0.25, 0.3) is 0 Å². The van der Waals surface area contributed by atoms with Gasteiger partial charge in [-0.2, -0.15) is 13.2 Å². The summed E-state index contributed by atoms with van der Waals surface area (Å²) >= 11 is 0. The molecule has 9 heavy (non-hydrogen) atoms. The van der Waals surface area contributed by atoms with Gasteiger partial charge in [-0.1, -0.05) is 5.16 Å². The molecule has 0 amide bonds. The van der Waals surface area contributed by atoms with Gasteiger partial charge in [-0.25, -0.2) is 0 Å². The highest BCUT2D eigenvalue weighted by Crippen LogP contribution is 2.27. The Hall–Kier alpha value is -1.00. The Bertz CT molecular complexity index is 178. The van der Waals surface area contributed by atoms with Crippen molar-refractivity contribution < 1.29 is 17.7 Å². The second-order valence-electron chi connectivity index (χ2n) is 1.32. The van der Waals surface area contributed by atoms with Gasteiger partial charge in [0.1, 0.15) is 6.20 Å². The van der Waals surface area contributed by atoms with E-state index in [4.69, 9.17) is 0 Å². The molecule has 0 bridgehead atoms. The van der Waals surface area contributed by atoms with E-state index in [-0.39, 0.29) is 0 Å². The van der Waals surface area contributed by atoms with Gasteiger partial charge in [-0.3, -0.25) is 0 Å². The summed E-state index contributed by atoms with van der Waals surface area (Å²) < 4.78 is 38.2. The van der Waals surface area contributed by atoms with Crippen LogP contribution in [0.3, 0.4) is 0 Å². The molecule has 1 rings (SSSR count). The van der Waals surface area contributed by atoms with Crippen LogP contribution in [0.2, 0.25) is 0 Å². The number of nitrogens with zero attached hydrogens (tertiary/aromatic N) is 1. The maximum absolute atomic E-state index is 11.5. The zero-order valence-corrected chi connectivity index (χ0v) is 4.07. The van der Waals surface area contributed by atoms with Crippen molar-refractivity contribution in [3.63, 3.8) is 0 Å². The first-order valence-corrected chi connectivity index (χ1v) is 2.00. The van der Waals surface area contributed by atoms with Crippen molar-refractivity contribution in [3.05, 3.63) is 18.0 Å². The summed E-state index contributed by atoms with van der Waals surface area (Å²) in [7, 11) is 0. The van der Waals surface area contributed by atoms with Gasteiger partial charge in [0.05, 0.1) is 0 Å². The lowest BCUT2D eigenvalue weighted by Gasteiger charge is -1.96. The van der Waals surface area contributed by atoms with Crippen LogP contribution in [0.4, 0.5) is 13.2 Å². The minimum absolute atomic E-state index is 0.639. The van der Waals surface area contributed by atoms with Crippen LogP contribution in [0.15, 0.2) is 10.6 Å². The Kier molecular flexibility index (Phi) is 1.19. The Morgan fingerprint density at radius 2 is 2.22 bits per heavy atom. The molecule has 0 fully saturated rings.